The monoisotopic (exact) mass is 293 g/mol. The molecule has 1 aromatic carbocycles. The molecule has 0 aliphatic carbocycles. The first-order chi connectivity index (χ1) is 9.65. The fourth-order valence-electron chi connectivity index (χ4n) is 1.61. The Morgan fingerprint density at radius 1 is 1.40 bits per heavy atom. The Morgan fingerprint density at radius 3 is 2.90 bits per heavy atom. The number of esters is 1. The first-order valence-corrected chi connectivity index (χ1v) is 6.82. The highest BCUT2D eigenvalue weighted by molar-refractivity contribution is 8.00. The number of methoxy groups -OCH3 is 2. The predicted octanol–water partition coefficient (Wildman–Crippen LogP) is 1.93. The number of carbonyl (C=O) groups is 1. The number of thioether (sulfide) groups is 1. The van der Waals surface area contributed by atoms with Crippen molar-refractivity contribution in [1.82, 2.24) is 14.8 Å². The SMILES string of the molecule is COC(=O)C(C)Sc1nncn1-c1cccc(OC)c1. The fourth-order valence-corrected chi connectivity index (χ4v) is 2.48. The average Bonchev–Trinajstić information content (AvgIpc) is 2.94. The van der Waals surface area contributed by atoms with Crippen molar-refractivity contribution in [1.29, 1.82) is 0 Å². The molecule has 2 aromatic rings. The lowest BCUT2D eigenvalue weighted by Crippen LogP contribution is -2.15. The van der Waals surface area contributed by atoms with Crippen LogP contribution in [0.25, 0.3) is 5.69 Å². The molecule has 0 saturated heterocycles. The highest BCUT2D eigenvalue weighted by Crippen LogP contribution is 2.25. The summed E-state index contributed by atoms with van der Waals surface area (Å²) < 4.78 is 11.7. The molecular formula is C13H15N3O3S. The van der Waals surface area contributed by atoms with Crippen LogP contribution in [-0.4, -0.2) is 40.2 Å². The van der Waals surface area contributed by atoms with Crippen LogP contribution in [0, 0.1) is 0 Å². The topological polar surface area (TPSA) is 66.2 Å². The minimum absolute atomic E-state index is 0.296. The number of rotatable bonds is 5. The number of aromatic nitrogens is 3. The largest absolute Gasteiger partial charge is 0.497 e. The van der Waals surface area contributed by atoms with Gasteiger partial charge in [-0.3, -0.25) is 9.36 Å². The summed E-state index contributed by atoms with van der Waals surface area (Å²) >= 11 is 1.29. The minimum Gasteiger partial charge on any atom is -0.497 e. The van der Waals surface area contributed by atoms with E-state index < -0.39 is 0 Å². The molecule has 0 aliphatic heterocycles. The van der Waals surface area contributed by atoms with Gasteiger partial charge >= 0.3 is 5.97 Å². The van der Waals surface area contributed by atoms with E-state index in [9.17, 15) is 4.79 Å². The Hall–Kier alpha value is -2.02. The molecule has 0 amide bonds. The third-order valence-corrected chi connectivity index (χ3v) is 3.70. The van der Waals surface area contributed by atoms with Crippen LogP contribution in [0.15, 0.2) is 35.7 Å². The number of carbonyl (C=O) groups excluding carboxylic acids is 1. The van der Waals surface area contributed by atoms with Gasteiger partial charge in [-0.25, -0.2) is 0 Å². The van der Waals surface area contributed by atoms with Crippen LogP contribution in [0.5, 0.6) is 5.75 Å². The van der Waals surface area contributed by atoms with Crippen LogP contribution in [0.3, 0.4) is 0 Å². The molecule has 0 radical (unpaired) electrons. The Kier molecular flexibility index (Phi) is 4.62. The second kappa shape index (κ2) is 6.42. The zero-order valence-corrected chi connectivity index (χ0v) is 12.3. The molecule has 0 spiro atoms. The summed E-state index contributed by atoms with van der Waals surface area (Å²) in [6.07, 6.45) is 1.60. The van der Waals surface area contributed by atoms with Gasteiger partial charge in [-0.1, -0.05) is 17.8 Å². The average molecular weight is 293 g/mol. The third-order valence-electron chi connectivity index (χ3n) is 2.66. The van der Waals surface area contributed by atoms with Crippen molar-refractivity contribution in [3.63, 3.8) is 0 Å². The standard InChI is InChI=1S/C13H15N3O3S/c1-9(12(17)19-3)20-13-15-14-8-16(13)10-5-4-6-11(7-10)18-2/h4-9H,1-3H3. The minimum atomic E-state index is -0.353. The lowest BCUT2D eigenvalue weighted by molar-refractivity contribution is -0.139. The summed E-state index contributed by atoms with van der Waals surface area (Å²) in [5.41, 5.74) is 0.869. The van der Waals surface area contributed by atoms with Gasteiger partial charge in [0.2, 0.25) is 0 Å². The molecule has 1 heterocycles. The molecule has 1 aromatic heterocycles. The van der Waals surface area contributed by atoms with Gasteiger partial charge < -0.3 is 9.47 Å². The van der Waals surface area contributed by atoms with Crippen LogP contribution in [0.1, 0.15) is 6.92 Å². The number of hydrogen-bond acceptors (Lipinski definition) is 6. The number of benzene rings is 1. The Labute approximate surface area is 121 Å². The molecule has 0 bridgehead atoms. The number of ether oxygens (including phenoxy) is 2. The number of nitrogens with zero attached hydrogens (tertiary/aromatic N) is 3. The van der Waals surface area contributed by atoms with E-state index in [0.717, 1.165) is 11.4 Å². The highest BCUT2D eigenvalue weighted by atomic mass is 32.2. The molecule has 1 unspecified atom stereocenters. The fraction of sp³-hybridized carbons (Fsp3) is 0.308. The molecule has 0 saturated carbocycles. The van der Waals surface area contributed by atoms with Crippen molar-refractivity contribution in [2.75, 3.05) is 14.2 Å². The van der Waals surface area contributed by atoms with E-state index in [0.29, 0.717) is 5.16 Å². The molecular weight excluding hydrogens is 278 g/mol. The first kappa shape index (κ1) is 14.4. The van der Waals surface area contributed by atoms with Crippen LogP contribution in [0.2, 0.25) is 0 Å². The molecule has 1 atom stereocenters. The van der Waals surface area contributed by atoms with Crippen LogP contribution >= 0.6 is 11.8 Å². The van der Waals surface area contributed by atoms with Crippen LogP contribution < -0.4 is 4.74 Å². The molecule has 0 aliphatic rings. The number of hydrogen-bond donors (Lipinski definition) is 0. The molecule has 6 nitrogen and oxygen atoms in total. The van der Waals surface area contributed by atoms with Gasteiger partial charge in [-0.15, -0.1) is 10.2 Å². The van der Waals surface area contributed by atoms with Crippen molar-refractivity contribution >= 4 is 17.7 Å². The van der Waals surface area contributed by atoms with Crippen molar-refractivity contribution in [2.24, 2.45) is 0 Å². The van der Waals surface area contributed by atoms with Gasteiger partial charge in [-0.2, -0.15) is 0 Å². The van der Waals surface area contributed by atoms with E-state index in [1.54, 1.807) is 24.9 Å². The van der Waals surface area contributed by atoms with Gasteiger partial charge in [-0.05, 0) is 19.1 Å². The molecule has 0 fully saturated rings. The van der Waals surface area contributed by atoms with E-state index in [1.165, 1.54) is 18.9 Å². The predicted molar refractivity (Wildman–Crippen MR) is 75.2 cm³/mol. The molecule has 2 rings (SSSR count). The maximum Gasteiger partial charge on any atom is 0.318 e. The second-order valence-electron chi connectivity index (χ2n) is 3.97. The molecule has 20 heavy (non-hydrogen) atoms. The quantitative estimate of drug-likeness (QED) is 0.620. The Morgan fingerprint density at radius 2 is 2.20 bits per heavy atom. The summed E-state index contributed by atoms with van der Waals surface area (Å²) in [7, 11) is 2.98. The lowest BCUT2D eigenvalue weighted by Gasteiger charge is -2.10. The maximum atomic E-state index is 11.5. The zero-order chi connectivity index (χ0) is 14.5. The molecule has 106 valence electrons. The zero-order valence-electron chi connectivity index (χ0n) is 11.4. The smallest absolute Gasteiger partial charge is 0.318 e. The first-order valence-electron chi connectivity index (χ1n) is 5.94. The van der Waals surface area contributed by atoms with Crippen molar-refractivity contribution in [3.05, 3.63) is 30.6 Å². The van der Waals surface area contributed by atoms with Crippen molar-refractivity contribution in [3.8, 4) is 11.4 Å². The molecule has 0 N–H and O–H groups in total. The van der Waals surface area contributed by atoms with E-state index >= 15 is 0 Å². The summed E-state index contributed by atoms with van der Waals surface area (Å²) in [6, 6.07) is 7.53. The van der Waals surface area contributed by atoms with E-state index in [4.69, 9.17) is 9.47 Å². The van der Waals surface area contributed by atoms with Gasteiger partial charge in [0.25, 0.3) is 0 Å². The summed E-state index contributed by atoms with van der Waals surface area (Å²) in [5, 5.41) is 8.19. The van der Waals surface area contributed by atoms with E-state index in [1.807, 2.05) is 24.3 Å². The van der Waals surface area contributed by atoms with E-state index in [-0.39, 0.29) is 11.2 Å². The van der Waals surface area contributed by atoms with Crippen LogP contribution in [-0.2, 0) is 9.53 Å². The maximum absolute atomic E-state index is 11.5. The van der Waals surface area contributed by atoms with Gasteiger partial charge in [0.15, 0.2) is 5.16 Å². The van der Waals surface area contributed by atoms with Gasteiger partial charge in [0.1, 0.15) is 17.3 Å². The van der Waals surface area contributed by atoms with E-state index in [2.05, 4.69) is 10.2 Å². The summed E-state index contributed by atoms with van der Waals surface area (Å²) in [5.74, 6) is 0.448. The van der Waals surface area contributed by atoms with Gasteiger partial charge in [0, 0.05) is 6.07 Å². The third kappa shape index (κ3) is 3.11. The summed E-state index contributed by atoms with van der Waals surface area (Å²) in [4.78, 5) is 11.5. The lowest BCUT2D eigenvalue weighted by atomic mass is 10.3. The Bertz CT molecular complexity index is 600. The summed E-state index contributed by atoms with van der Waals surface area (Å²) in [6.45, 7) is 1.76. The highest BCUT2D eigenvalue weighted by Gasteiger charge is 2.18. The van der Waals surface area contributed by atoms with Gasteiger partial charge in [0.05, 0.1) is 19.9 Å². The second-order valence-corrected chi connectivity index (χ2v) is 5.28. The van der Waals surface area contributed by atoms with Crippen molar-refractivity contribution < 1.29 is 14.3 Å². The molecule has 7 heteroatoms. The Balaban J connectivity index is 2.26. The van der Waals surface area contributed by atoms with Crippen LogP contribution in [0.4, 0.5) is 0 Å². The normalized spacial score (nSPS) is 11.9. The van der Waals surface area contributed by atoms with Crippen molar-refractivity contribution in [2.45, 2.75) is 17.3 Å².